The van der Waals surface area contributed by atoms with E-state index >= 15 is 0 Å². The number of rotatable bonds is 6. The second kappa shape index (κ2) is 7.41. The minimum atomic E-state index is -1.08. The normalized spacial score (nSPS) is 18.0. The van der Waals surface area contributed by atoms with Crippen LogP contribution >= 0.6 is 0 Å². The van der Waals surface area contributed by atoms with Crippen molar-refractivity contribution >= 4 is 18.3 Å². The van der Waals surface area contributed by atoms with Gasteiger partial charge in [-0.2, -0.15) is 0 Å². The molecule has 2 aromatic carbocycles. The van der Waals surface area contributed by atoms with E-state index in [-0.39, 0.29) is 11.5 Å². The molecule has 140 valence electrons. The van der Waals surface area contributed by atoms with Gasteiger partial charge in [-0.15, -0.1) is 0 Å². The molecule has 1 heterocycles. The van der Waals surface area contributed by atoms with Gasteiger partial charge >= 0.3 is 5.97 Å². The van der Waals surface area contributed by atoms with E-state index in [0.717, 1.165) is 12.4 Å². The zero-order valence-corrected chi connectivity index (χ0v) is 14.7. The highest BCUT2D eigenvalue weighted by atomic mass is 16.5. The Bertz CT molecular complexity index is 917. The summed E-state index contributed by atoms with van der Waals surface area (Å²) in [5.41, 5.74) is 1.83. The van der Waals surface area contributed by atoms with E-state index in [1.807, 2.05) is 0 Å². The summed E-state index contributed by atoms with van der Waals surface area (Å²) in [7, 11) is 2.90. The molecule has 0 saturated heterocycles. The molecule has 0 aromatic heterocycles. The van der Waals surface area contributed by atoms with Gasteiger partial charge in [-0.25, -0.2) is 4.79 Å². The summed E-state index contributed by atoms with van der Waals surface area (Å²) in [5.74, 6) is -0.614. The number of fused-ring (bicyclic) bond motifs is 1. The van der Waals surface area contributed by atoms with Crippen LogP contribution in [0.5, 0.6) is 23.0 Å². The van der Waals surface area contributed by atoms with E-state index in [1.54, 1.807) is 24.3 Å². The number of methoxy groups -OCH3 is 2. The van der Waals surface area contributed by atoms with Crippen LogP contribution in [0, 0.1) is 0 Å². The highest BCUT2D eigenvalue weighted by Crippen LogP contribution is 2.50. The van der Waals surface area contributed by atoms with E-state index in [4.69, 9.17) is 19.3 Å². The van der Waals surface area contributed by atoms with Gasteiger partial charge in [-0.3, -0.25) is 0 Å². The van der Waals surface area contributed by atoms with E-state index in [2.05, 4.69) is 0 Å². The molecular formula is C20H18O7. The minimum absolute atomic E-state index is 0.0157. The van der Waals surface area contributed by atoms with Gasteiger partial charge in [0.2, 0.25) is 0 Å². The molecule has 0 fully saturated rings. The SMILES string of the molecule is COc1cc([C@H]2Oc3c(OC)cc(/C=C/C(=O)O)cc3[C@@H]2C=O)ccc1O. The van der Waals surface area contributed by atoms with Gasteiger partial charge in [0, 0.05) is 11.6 Å². The Hall–Kier alpha value is -3.48. The lowest BCUT2D eigenvalue weighted by Gasteiger charge is -2.16. The van der Waals surface area contributed by atoms with E-state index in [1.165, 1.54) is 26.4 Å². The van der Waals surface area contributed by atoms with Gasteiger partial charge in [0.15, 0.2) is 23.0 Å². The number of carboxylic acid groups (broad SMARTS) is 1. The molecule has 0 spiro atoms. The van der Waals surface area contributed by atoms with Crippen molar-refractivity contribution in [3.8, 4) is 23.0 Å². The van der Waals surface area contributed by atoms with Crippen molar-refractivity contribution in [2.45, 2.75) is 12.0 Å². The quantitative estimate of drug-likeness (QED) is 0.595. The molecule has 2 N–H and O–H groups in total. The second-order valence-electron chi connectivity index (χ2n) is 5.94. The first kappa shape index (κ1) is 18.3. The van der Waals surface area contributed by atoms with Gasteiger partial charge in [0.05, 0.1) is 20.1 Å². The molecule has 7 heteroatoms. The van der Waals surface area contributed by atoms with Gasteiger partial charge in [0.25, 0.3) is 0 Å². The largest absolute Gasteiger partial charge is 0.504 e. The number of phenolic OH excluding ortho intramolecular Hbond substituents is 1. The summed E-state index contributed by atoms with van der Waals surface area (Å²) in [6.07, 6.45) is 2.58. The molecule has 0 unspecified atom stereocenters. The number of hydrogen-bond donors (Lipinski definition) is 2. The lowest BCUT2D eigenvalue weighted by atomic mass is 9.91. The molecular weight excluding hydrogens is 352 g/mol. The molecule has 2 atom stereocenters. The topological polar surface area (TPSA) is 102 Å². The zero-order chi connectivity index (χ0) is 19.6. The molecule has 0 amide bonds. The van der Waals surface area contributed by atoms with Crippen LogP contribution < -0.4 is 14.2 Å². The summed E-state index contributed by atoms with van der Waals surface area (Å²) < 4.78 is 16.5. The fourth-order valence-corrected chi connectivity index (χ4v) is 3.09. The predicted molar refractivity (Wildman–Crippen MR) is 96.5 cm³/mol. The van der Waals surface area contributed by atoms with Gasteiger partial charge < -0.3 is 29.2 Å². The highest BCUT2D eigenvalue weighted by Gasteiger charge is 2.38. The van der Waals surface area contributed by atoms with Crippen molar-refractivity contribution in [3.05, 3.63) is 53.1 Å². The average molecular weight is 370 g/mol. The first-order chi connectivity index (χ1) is 13.0. The van der Waals surface area contributed by atoms with Crippen molar-refractivity contribution in [2.24, 2.45) is 0 Å². The zero-order valence-electron chi connectivity index (χ0n) is 14.7. The second-order valence-corrected chi connectivity index (χ2v) is 5.94. The first-order valence-corrected chi connectivity index (χ1v) is 8.10. The third-order valence-electron chi connectivity index (χ3n) is 4.35. The monoisotopic (exact) mass is 370 g/mol. The molecule has 3 rings (SSSR count). The number of carbonyl (C=O) groups excluding carboxylic acids is 1. The van der Waals surface area contributed by atoms with Crippen molar-refractivity contribution < 1.29 is 34.0 Å². The maximum Gasteiger partial charge on any atom is 0.328 e. The highest BCUT2D eigenvalue weighted by molar-refractivity contribution is 5.86. The molecule has 1 aliphatic rings. The number of aliphatic carboxylic acids is 1. The van der Waals surface area contributed by atoms with E-state index < -0.39 is 18.0 Å². The molecule has 7 nitrogen and oxygen atoms in total. The Morgan fingerprint density at radius 3 is 2.52 bits per heavy atom. The number of aromatic hydroxyl groups is 1. The summed E-state index contributed by atoms with van der Waals surface area (Å²) in [5, 5.41) is 18.6. The third kappa shape index (κ3) is 3.44. The van der Waals surface area contributed by atoms with Crippen LogP contribution in [0.3, 0.4) is 0 Å². The number of phenols is 1. The molecule has 0 bridgehead atoms. The Morgan fingerprint density at radius 2 is 1.89 bits per heavy atom. The van der Waals surface area contributed by atoms with Crippen LogP contribution in [0.2, 0.25) is 0 Å². The maximum absolute atomic E-state index is 11.8. The Morgan fingerprint density at radius 1 is 1.15 bits per heavy atom. The number of ether oxygens (including phenoxy) is 3. The molecule has 0 radical (unpaired) electrons. The van der Waals surface area contributed by atoms with Crippen LogP contribution in [0.1, 0.15) is 28.7 Å². The number of carboxylic acids is 1. The molecule has 2 aromatic rings. The fourth-order valence-electron chi connectivity index (χ4n) is 3.09. The van der Waals surface area contributed by atoms with Crippen LogP contribution in [0.25, 0.3) is 6.08 Å². The van der Waals surface area contributed by atoms with Crippen LogP contribution in [-0.2, 0) is 9.59 Å². The third-order valence-corrected chi connectivity index (χ3v) is 4.35. The van der Waals surface area contributed by atoms with Gasteiger partial charge in [-0.05, 0) is 41.5 Å². The van der Waals surface area contributed by atoms with Crippen molar-refractivity contribution in [1.82, 2.24) is 0 Å². The van der Waals surface area contributed by atoms with E-state index in [9.17, 15) is 14.7 Å². The van der Waals surface area contributed by atoms with Crippen LogP contribution in [-0.4, -0.2) is 36.7 Å². The van der Waals surface area contributed by atoms with Crippen molar-refractivity contribution in [2.75, 3.05) is 14.2 Å². The Labute approximate surface area is 155 Å². The molecule has 0 aliphatic carbocycles. The predicted octanol–water partition coefficient (Wildman–Crippen LogP) is 2.92. The lowest BCUT2D eigenvalue weighted by molar-refractivity contribution is -0.131. The summed E-state index contributed by atoms with van der Waals surface area (Å²) in [4.78, 5) is 22.6. The summed E-state index contributed by atoms with van der Waals surface area (Å²) in [6.45, 7) is 0. The van der Waals surface area contributed by atoms with Gasteiger partial charge in [-0.1, -0.05) is 6.07 Å². The fraction of sp³-hybridized carbons (Fsp3) is 0.200. The average Bonchev–Trinajstić information content (AvgIpc) is 3.04. The van der Waals surface area contributed by atoms with Crippen LogP contribution in [0.15, 0.2) is 36.4 Å². The number of benzene rings is 2. The smallest absolute Gasteiger partial charge is 0.328 e. The number of hydrogen-bond acceptors (Lipinski definition) is 6. The Balaban J connectivity index is 2.06. The van der Waals surface area contributed by atoms with E-state index in [0.29, 0.717) is 28.2 Å². The number of carbonyl (C=O) groups is 2. The standard InChI is InChI=1S/C20H18O7/c1-25-16-9-12(4-5-15(16)22)19-14(10-21)13-7-11(3-6-18(23)24)8-17(26-2)20(13)27-19/h3-10,14,19,22H,1-2H3,(H,23,24)/b6-3+/t14-,19+/m0/s1. The number of aldehydes is 1. The minimum Gasteiger partial charge on any atom is -0.504 e. The van der Waals surface area contributed by atoms with Gasteiger partial charge in [0.1, 0.15) is 12.4 Å². The summed E-state index contributed by atoms with van der Waals surface area (Å²) in [6, 6.07) is 8.08. The molecule has 0 saturated carbocycles. The lowest BCUT2D eigenvalue weighted by Crippen LogP contribution is -2.11. The van der Waals surface area contributed by atoms with Crippen molar-refractivity contribution in [1.29, 1.82) is 0 Å². The summed E-state index contributed by atoms with van der Waals surface area (Å²) >= 11 is 0. The van der Waals surface area contributed by atoms with Crippen molar-refractivity contribution in [3.63, 3.8) is 0 Å². The maximum atomic E-state index is 11.8. The molecule has 27 heavy (non-hydrogen) atoms. The molecule has 1 aliphatic heterocycles. The Kier molecular flexibility index (Phi) is 5.03. The first-order valence-electron chi connectivity index (χ1n) is 8.10. The van der Waals surface area contributed by atoms with Crippen LogP contribution in [0.4, 0.5) is 0 Å².